The molecule has 0 radical (unpaired) electrons. The fourth-order valence-corrected chi connectivity index (χ4v) is 3.35. The second-order valence-corrected chi connectivity index (χ2v) is 6.10. The highest BCUT2D eigenvalue weighted by Crippen LogP contribution is 2.35. The minimum atomic E-state index is -0.208. The van der Waals surface area contributed by atoms with Crippen LogP contribution in [0.4, 0.5) is 0 Å². The van der Waals surface area contributed by atoms with E-state index < -0.39 is 0 Å². The summed E-state index contributed by atoms with van der Waals surface area (Å²) in [6, 6.07) is 7.50. The molecular weight excluding hydrogens is 273 g/mol. The molecule has 1 atom stereocenters. The molecule has 17 heavy (non-hydrogen) atoms. The van der Waals surface area contributed by atoms with Crippen LogP contribution in [0, 0.1) is 13.8 Å². The Hall–Kier alpha value is -0.540. The Kier molecular flexibility index (Phi) is 3.79. The van der Waals surface area contributed by atoms with Gasteiger partial charge < -0.3 is 5.73 Å². The fraction of sp³-hybridized carbons (Fsp3) is 0.231. The Labute approximate surface area is 115 Å². The van der Waals surface area contributed by atoms with E-state index in [1.165, 1.54) is 10.4 Å². The van der Waals surface area contributed by atoms with Crippen molar-refractivity contribution in [2.45, 2.75) is 19.9 Å². The summed E-state index contributed by atoms with van der Waals surface area (Å²) >= 11 is 13.9. The molecule has 0 spiro atoms. The molecule has 2 aromatic rings. The number of rotatable bonds is 2. The Morgan fingerprint density at radius 1 is 1.24 bits per heavy atom. The molecule has 2 rings (SSSR count). The zero-order chi connectivity index (χ0) is 12.6. The minimum Gasteiger partial charge on any atom is -0.320 e. The number of thiophene rings is 1. The average molecular weight is 286 g/mol. The first-order valence-electron chi connectivity index (χ1n) is 5.27. The van der Waals surface area contributed by atoms with Crippen LogP contribution in [0.15, 0.2) is 24.3 Å². The van der Waals surface area contributed by atoms with E-state index in [2.05, 4.69) is 19.9 Å². The van der Waals surface area contributed by atoms with Crippen LogP contribution in [0.5, 0.6) is 0 Å². The van der Waals surface area contributed by atoms with Crippen molar-refractivity contribution in [2.75, 3.05) is 0 Å². The van der Waals surface area contributed by atoms with Crippen LogP contribution in [0.25, 0.3) is 0 Å². The first kappa shape index (κ1) is 12.9. The first-order valence-corrected chi connectivity index (χ1v) is 6.84. The molecular formula is C13H13Cl2NS. The number of hydrogen-bond donors (Lipinski definition) is 1. The van der Waals surface area contributed by atoms with Gasteiger partial charge in [0.1, 0.15) is 0 Å². The van der Waals surface area contributed by atoms with Crippen LogP contribution in [0.3, 0.4) is 0 Å². The van der Waals surface area contributed by atoms with E-state index in [1.807, 2.05) is 12.1 Å². The van der Waals surface area contributed by atoms with Crippen molar-refractivity contribution in [3.8, 4) is 0 Å². The largest absolute Gasteiger partial charge is 0.320 e. The van der Waals surface area contributed by atoms with Crippen LogP contribution in [0.2, 0.25) is 10.0 Å². The number of halogens is 2. The summed E-state index contributed by atoms with van der Waals surface area (Å²) in [6.07, 6.45) is 0. The van der Waals surface area contributed by atoms with Crippen molar-refractivity contribution < 1.29 is 0 Å². The standard InChI is InChI=1S/C13H13Cl2NS/c1-7-6-8(2)17-13(7)12(16)9-4-3-5-10(14)11(9)15/h3-6,12H,16H2,1-2H3. The SMILES string of the molecule is Cc1cc(C)c(C(N)c2cccc(Cl)c2Cl)s1. The third kappa shape index (κ3) is 2.50. The summed E-state index contributed by atoms with van der Waals surface area (Å²) in [5, 5.41) is 1.10. The van der Waals surface area contributed by atoms with Crippen LogP contribution >= 0.6 is 34.5 Å². The highest BCUT2D eigenvalue weighted by Gasteiger charge is 2.17. The molecule has 0 amide bonds. The molecule has 0 saturated carbocycles. The Morgan fingerprint density at radius 2 is 1.94 bits per heavy atom. The number of benzene rings is 1. The van der Waals surface area contributed by atoms with Gasteiger partial charge in [-0.15, -0.1) is 11.3 Å². The molecule has 0 aliphatic carbocycles. The second kappa shape index (κ2) is 4.99. The van der Waals surface area contributed by atoms with Crippen molar-refractivity contribution in [1.82, 2.24) is 0 Å². The third-order valence-corrected chi connectivity index (χ3v) is 4.75. The third-order valence-electron chi connectivity index (χ3n) is 2.68. The molecule has 1 nitrogen and oxygen atoms in total. The van der Waals surface area contributed by atoms with E-state index in [4.69, 9.17) is 28.9 Å². The summed E-state index contributed by atoms with van der Waals surface area (Å²) in [7, 11) is 0. The van der Waals surface area contributed by atoms with Gasteiger partial charge in [0.05, 0.1) is 16.1 Å². The molecule has 1 aromatic carbocycles. The van der Waals surface area contributed by atoms with Crippen molar-refractivity contribution in [3.63, 3.8) is 0 Å². The highest BCUT2D eigenvalue weighted by molar-refractivity contribution is 7.12. The predicted octanol–water partition coefficient (Wildman–Crippen LogP) is 4.72. The summed E-state index contributed by atoms with van der Waals surface area (Å²) in [5.74, 6) is 0. The van der Waals surface area contributed by atoms with Crippen molar-refractivity contribution in [1.29, 1.82) is 0 Å². The summed E-state index contributed by atoms with van der Waals surface area (Å²) in [4.78, 5) is 2.40. The molecule has 0 fully saturated rings. The Bertz CT molecular complexity index is 548. The lowest BCUT2D eigenvalue weighted by molar-refractivity contribution is 0.885. The quantitative estimate of drug-likeness (QED) is 0.849. The van der Waals surface area contributed by atoms with E-state index in [-0.39, 0.29) is 6.04 Å². The number of hydrogen-bond acceptors (Lipinski definition) is 2. The van der Waals surface area contributed by atoms with E-state index in [9.17, 15) is 0 Å². The molecule has 1 unspecified atom stereocenters. The van der Waals surface area contributed by atoms with Gasteiger partial charge in [0, 0.05) is 9.75 Å². The molecule has 4 heteroatoms. The van der Waals surface area contributed by atoms with E-state index in [0.29, 0.717) is 10.0 Å². The Morgan fingerprint density at radius 3 is 2.53 bits per heavy atom. The van der Waals surface area contributed by atoms with Gasteiger partial charge >= 0.3 is 0 Å². The smallest absolute Gasteiger partial charge is 0.0663 e. The van der Waals surface area contributed by atoms with Crippen LogP contribution in [-0.4, -0.2) is 0 Å². The summed E-state index contributed by atoms with van der Waals surface area (Å²) in [6.45, 7) is 4.14. The van der Waals surface area contributed by atoms with Gasteiger partial charge in [0.25, 0.3) is 0 Å². The van der Waals surface area contributed by atoms with E-state index in [1.54, 1.807) is 17.4 Å². The monoisotopic (exact) mass is 285 g/mol. The van der Waals surface area contributed by atoms with Gasteiger partial charge in [0.2, 0.25) is 0 Å². The number of aryl methyl sites for hydroxylation is 2. The topological polar surface area (TPSA) is 26.0 Å². The van der Waals surface area contributed by atoms with Gasteiger partial charge in [-0.3, -0.25) is 0 Å². The lowest BCUT2D eigenvalue weighted by Crippen LogP contribution is -2.11. The molecule has 2 N–H and O–H groups in total. The van der Waals surface area contributed by atoms with Gasteiger partial charge in [-0.25, -0.2) is 0 Å². The summed E-state index contributed by atoms with van der Waals surface area (Å²) < 4.78 is 0. The van der Waals surface area contributed by atoms with Gasteiger partial charge in [-0.05, 0) is 37.1 Å². The normalized spacial score (nSPS) is 12.8. The lowest BCUT2D eigenvalue weighted by atomic mass is 10.0. The van der Waals surface area contributed by atoms with Gasteiger partial charge in [-0.1, -0.05) is 35.3 Å². The van der Waals surface area contributed by atoms with Crippen molar-refractivity contribution >= 4 is 34.5 Å². The van der Waals surface area contributed by atoms with Crippen LogP contribution in [-0.2, 0) is 0 Å². The summed E-state index contributed by atoms with van der Waals surface area (Å²) in [5.41, 5.74) is 8.35. The first-order chi connectivity index (χ1) is 8.00. The molecule has 0 aliphatic rings. The van der Waals surface area contributed by atoms with Crippen molar-refractivity contribution in [2.24, 2.45) is 5.73 Å². The van der Waals surface area contributed by atoms with Crippen LogP contribution < -0.4 is 5.73 Å². The van der Waals surface area contributed by atoms with Gasteiger partial charge in [-0.2, -0.15) is 0 Å². The Balaban J connectivity index is 2.47. The average Bonchev–Trinajstić information content (AvgIpc) is 2.61. The fourth-order valence-electron chi connectivity index (χ4n) is 1.87. The zero-order valence-electron chi connectivity index (χ0n) is 9.63. The number of nitrogens with two attached hydrogens (primary N) is 1. The van der Waals surface area contributed by atoms with E-state index >= 15 is 0 Å². The molecule has 0 aliphatic heterocycles. The van der Waals surface area contributed by atoms with Crippen molar-refractivity contribution in [3.05, 3.63) is 55.2 Å². The molecule has 1 aromatic heterocycles. The highest BCUT2D eigenvalue weighted by atomic mass is 35.5. The van der Waals surface area contributed by atoms with E-state index in [0.717, 1.165) is 10.4 Å². The molecule has 0 bridgehead atoms. The zero-order valence-corrected chi connectivity index (χ0v) is 12.0. The maximum Gasteiger partial charge on any atom is 0.0663 e. The second-order valence-electron chi connectivity index (χ2n) is 4.03. The molecule has 1 heterocycles. The predicted molar refractivity (Wildman–Crippen MR) is 76.3 cm³/mol. The minimum absolute atomic E-state index is 0.208. The maximum absolute atomic E-state index is 6.27. The molecule has 90 valence electrons. The van der Waals surface area contributed by atoms with Crippen LogP contribution in [0.1, 0.15) is 26.9 Å². The van der Waals surface area contributed by atoms with Gasteiger partial charge in [0.15, 0.2) is 0 Å². The lowest BCUT2D eigenvalue weighted by Gasteiger charge is -2.14. The molecule has 0 saturated heterocycles. The maximum atomic E-state index is 6.27.